The molecule has 0 fully saturated rings. The second-order valence-corrected chi connectivity index (χ2v) is 9.19. The summed E-state index contributed by atoms with van der Waals surface area (Å²) in [4.78, 5) is 0. The van der Waals surface area contributed by atoms with Crippen LogP contribution in [-0.2, 0) is 0 Å². The van der Waals surface area contributed by atoms with Gasteiger partial charge in [0.15, 0.2) is 0 Å². The molecule has 0 heterocycles. The monoisotopic (exact) mass is 550 g/mol. The van der Waals surface area contributed by atoms with E-state index >= 15 is 0 Å². The summed E-state index contributed by atoms with van der Waals surface area (Å²) >= 11 is 24.5. The van der Waals surface area contributed by atoms with E-state index in [4.69, 9.17) is 46.4 Å². The standard InChI is InChI=1S/C24H12BCl4F4.Na/c26-17-9-13(1-5-21(17)30)25(14-2-6-22(31)18(27)10-14,15-3-7-23(32)19(28)11-15)16-4-8-24(33)20(29)12-16;/h1-12H;/q-1;+1. The van der Waals surface area contributed by atoms with Crippen LogP contribution in [0.5, 0.6) is 0 Å². The van der Waals surface area contributed by atoms with Crippen LogP contribution in [0.25, 0.3) is 0 Å². The van der Waals surface area contributed by atoms with E-state index in [0.717, 1.165) is 0 Å². The molecule has 4 aromatic rings. The Kier molecular flexibility index (Phi) is 8.74. The molecule has 0 amide bonds. The summed E-state index contributed by atoms with van der Waals surface area (Å²) in [6.07, 6.45) is -2.35. The average Bonchev–Trinajstić information content (AvgIpc) is 2.78. The summed E-state index contributed by atoms with van der Waals surface area (Å²) in [6, 6.07) is 16.3. The first kappa shape index (κ1) is 27.4. The maximum absolute atomic E-state index is 14.1. The second kappa shape index (κ2) is 10.8. The normalized spacial score (nSPS) is 11.3. The second-order valence-electron chi connectivity index (χ2n) is 7.56. The fourth-order valence-electron chi connectivity index (χ4n) is 4.28. The van der Waals surface area contributed by atoms with Crippen molar-refractivity contribution in [2.24, 2.45) is 0 Å². The molecule has 34 heavy (non-hydrogen) atoms. The van der Waals surface area contributed by atoms with E-state index in [1.54, 1.807) is 0 Å². The maximum atomic E-state index is 14.1. The van der Waals surface area contributed by atoms with Crippen molar-refractivity contribution in [2.45, 2.75) is 0 Å². The molecule has 0 aliphatic heterocycles. The number of hydrogen-bond acceptors (Lipinski definition) is 0. The van der Waals surface area contributed by atoms with Gasteiger partial charge in [-0.05, 0) is 24.3 Å². The van der Waals surface area contributed by atoms with E-state index in [0.29, 0.717) is 21.9 Å². The quantitative estimate of drug-likeness (QED) is 0.270. The minimum absolute atomic E-state index is 0. The maximum Gasteiger partial charge on any atom is 1.00 e. The first-order valence-corrected chi connectivity index (χ1v) is 11.1. The predicted molar refractivity (Wildman–Crippen MR) is 130 cm³/mol. The zero-order valence-corrected chi connectivity index (χ0v) is 22.6. The van der Waals surface area contributed by atoms with Crippen molar-refractivity contribution in [1.82, 2.24) is 0 Å². The van der Waals surface area contributed by atoms with Gasteiger partial charge in [0.25, 0.3) is 0 Å². The fourth-order valence-corrected chi connectivity index (χ4v) is 5.04. The minimum atomic E-state index is -2.35. The molecule has 4 aromatic carbocycles. The third-order valence-corrected chi connectivity index (χ3v) is 6.93. The van der Waals surface area contributed by atoms with E-state index in [1.807, 2.05) is 0 Å². The van der Waals surface area contributed by atoms with Gasteiger partial charge in [0.05, 0.1) is 20.1 Å². The molecular weight excluding hydrogens is 540 g/mol. The van der Waals surface area contributed by atoms with E-state index in [2.05, 4.69) is 0 Å². The van der Waals surface area contributed by atoms with Crippen molar-refractivity contribution in [3.8, 4) is 0 Å². The van der Waals surface area contributed by atoms with Crippen LogP contribution in [0.3, 0.4) is 0 Å². The van der Waals surface area contributed by atoms with Crippen molar-refractivity contribution < 1.29 is 47.1 Å². The minimum Gasteiger partial charge on any atom is -0.205 e. The van der Waals surface area contributed by atoms with Crippen LogP contribution in [0.4, 0.5) is 17.6 Å². The molecule has 0 unspecified atom stereocenters. The van der Waals surface area contributed by atoms with E-state index in [9.17, 15) is 17.6 Å². The SMILES string of the molecule is Fc1ccc([B-](c2ccc(F)c(Cl)c2)(c2ccc(F)c(Cl)c2)c2ccc(F)c(Cl)c2)cc1Cl.[Na+]. The van der Waals surface area contributed by atoms with Gasteiger partial charge in [-0.3, -0.25) is 0 Å². The molecule has 0 aromatic heterocycles. The molecule has 0 N–H and O–H groups in total. The van der Waals surface area contributed by atoms with Gasteiger partial charge in [0, 0.05) is 0 Å². The first-order chi connectivity index (χ1) is 15.6. The molecule has 4 rings (SSSR count). The molecule has 0 saturated heterocycles. The third kappa shape index (κ3) is 4.90. The van der Waals surface area contributed by atoms with Gasteiger partial charge in [0.2, 0.25) is 0 Å². The van der Waals surface area contributed by atoms with Crippen LogP contribution in [0, 0.1) is 23.3 Å². The smallest absolute Gasteiger partial charge is 0.205 e. The zero-order valence-electron chi connectivity index (χ0n) is 17.5. The topological polar surface area (TPSA) is 0 Å². The van der Waals surface area contributed by atoms with E-state index < -0.39 is 29.4 Å². The molecular formula is C24H12BCl4F4Na. The van der Waals surface area contributed by atoms with Crippen molar-refractivity contribution in [2.75, 3.05) is 0 Å². The molecule has 0 radical (unpaired) electrons. The molecule has 0 aliphatic rings. The molecule has 0 aliphatic carbocycles. The van der Waals surface area contributed by atoms with Gasteiger partial charge in [0.1, 0.15) is 29.4 Å². The van der Waals surface area contributed by atoms with Gasteiger partial charge >= 0.3 is 29.6 Å². The number of hydrogen-bond donors (Lipinski definition) is 0. The molecule has 10 heteroatoms. The Hall–Kier alpha value is -1.18. The molecule has 0 atom stereocenters. The summed E-state index contributed by atoms with van der Waals surface area (Å²) in [5, 5.41) is -0.691. The Labute approximate surface area is 236 Å². The Morgan fingerprint density at radius 3 is 0.794 bits per heavy atom. The summed E-state index contributed by atoms with van der Waals surface area (Å²) in [5.41, 5.74) is 1.87. The van der Waals surface area contributed by atoms with Gasteiger partial charge in [-0.1, -0.05) is 94.9 Å². The van der Waals surface area contributed by atoms with Crippen LogP contribution in [-0.4, -0.2) is 6.15 Å². The first-order valence-electron chi connectivity index (χ1n) is 9.62. The summed E-state index contributed by atoms with van der Waals surface area (Å²) in [6.45, 7) is 0. The van der Waals surface area contributed by atoms with E-state index in [-0.39, 0.29) is 49.6 Å². The number of halogens is 8. The van der Waals surface area contributed by atoms with Crippen LogP contribution in [0.1, 0.15) is 0 Å². The molecule has 168 valence electrons. The fraction of sp³-hybridized carbons (Fsp3) is 0. The largest absolute Gasteiger partial charge is 1.00 e. The molecule has 0 nitrogen and oxygen atoms in total. The van der Waals surface area contributed by atoms with Crippen LogP contribution in [0.2, 0.25) is 20.1 Å². The summed E-state index contributed by atoms with van der Waals surface area (Å²) in [5.74, 6) is -2.62. The third-order valence-electron chi connectivity index (χ3n) is 5.77. The van der Waals surface area contributed by atoms with Gasteiger partial charge in [-0.15, -0.1) is 0 Å². The van der Waals surface area contributed by atoms with Crippen molar-refractivity contribution in [1.29, 1.82) is 0 Å². The summed E-state index contributed by atoms with van der Waals surface area (Å²) in [7, 11) is 0. The summed E-state index contributed by atoms with van der Waals surface area (Å²) < 4.78 is 56.4. The Bertz CT molecular complexity index is 1170. The van der Waals surface area contributed by atoms with Crippen LogP contribution >= 0.6 is 46.4 Å². The Morgan fingerprint density at radius 1 is 0.412 bits per heavy atom. The van der Waals surface area contributed by atoms with Crippen LogP contribution in [0.15, 0.2) is 72.8 Å². The zero-order chi connectivity index (χ0) is 23.9. The predicted octanol–water partition coefficient (Wildman–Crippen LogP) is 3.24. The van der Waals surface area contributed by atoms with Gasteiger partial charge < -0.3 is 0 Å². The van der Waals surface area contributed by atoms with Crippen molar-refractivity contribution in [3.05, 3.63) is 116 Å². The van der Waals surface area contributed by atoms with Crippen LogP contribution < -0.4 is 51.4 Å². The molecule has 0 saturated carbocycles. The van der Waals surface area contributed by atoms with E-state index in [1.165, 1.54) is 72.8 Å². The molecule has 0 bridgehead atoms. The van der Waals surface area contributed by atoms with Gasteiger partial charge in [-0.2, -0.15) is 21.9 Å². The Balaban J connectivity index is 0.00000324. The average molecular weight is 552 g/mol. The number of benzene rings is 4. The van der Waals surface area contributed by atoms with Crippen molar-refractivity contribution >= 4 is 74.4 Å². The Morgan fingerprint density at radius 2 is 0.618 bits per heavy atom. The molecule has 0 spiro atoms. The van der Waals surface area contributed by atoms with Gasteiger partial charge in [-0.25, -0.2) is 17.6 Å². The van der Waals surface area contributed by atoms with Crippen molar-refractivity contribution in [3.63, 3.8) is 0 Å². The number of rotatable bonds is 4.